The minimum atomic E-state index is 0.890. The van der Waals surface area contributed by atoms with E-state index in [1.54, 1.807) is 0 Å². The molecule has 0 aliphatic carbocycles. The molecule has 1 aliphatic heterocycles. The normalized spacial score (nSPS) is 19.7. The molecule has 1 aromatic rings. The van der Waals surface area contributed by atoms with Gasteiger partial charge in [0.05, 0.1) is 13.2 Å². The SMILES string of the molecule is c1cc(CN2CCOCC2)c[cH-]1. The second kappa shape index (κ2) is 3.78. The molecule has 0 saturated carbocycles. The van der Waals surface area contributed by atoms with Gasteiger partial charge in [-0.1, -0.05) is 0 Å². The monoisotopic (exact) mass is 164 g/mol. The van der Waals surface area contributed by atoms with Crippen LogP contribution in [-0.4, -0.2) is 31.2 Å². The number of morpholine rings is 1. The molecule has 0 bridgehead atoms. The Hall–Kier alpha value is -0.730. The van der Waals surface area contributed by atoms with E-state index in [9.17, 15) is 0 Å². The lowest BCUT2D eigenvalue weighted by Crippen LogP contribution is -2.35. The van der Waals surface area contributed by atoms with Crippen molar-refractivity contribution in [1.82, 2.24) is 4.90 Å². The maximum absolute atomic E-state index is 5.28. The highest BCUT2D eigenvalue weighted by Gasteiger charge is 2.07. The number of ether oxygens (including phenoxy) is 1. The molecule has 0 N–H and O–H groups in total. The summed E-state index contributed by atoms with van der Waals surface area (Å²) in [6.07, 6.45) is 0. The van der Waals surface area contributed by atoms with Gasteiger partial charge in [-0.2, -0.15) is 23.8 Å². The molecule has 2 heteroatoms. The van der Waals surface area contributed by atoms with Crippen molar-refractivity contribution in [3.63, 3.8) is 0 Å². The van der Waals surface area contributed by atoms with E-state index in [4.69, 9.17) is 4.74 Å². The summed E-state index contributed by atoms with van der Waals surface area (Å²) in [5.74, 6) is 0. The van der Waals surface area contributed by atoms with Crippen LogP contribution in [0.15, 0.2) is 24.3 Å². The molecule has 0 aromatic heterocycles. The maximum atomic E-state index is 5.28. The van der Waals surface area contributed by atoms with Gasteiger partial charge < -0.3 is 9.64 Å². The Kier molecular flexibility index (Phi) is 2.49. The Morgan fingerprint density at radius 1 is 1.42 bits per heavy atom. The number of rotatable bonds is 2. The van der Waals surface area contributed by atoms with Gasteiger partial charge in [0.25, 0.3) is 0 Å². The van der Waals surface area contributed by atoms with Crippen molar-refractivity contribution in [3.05, 3.63) is 29.8 Å². The molecular weight excluding hydrogens is 150 g/mol. The second-order valence-corrected chi connectivity index (χ2v) is 3.18. The predicted molar refractivity (Wildman–Crippen MR) is 48.1 cm³/mol. The minimum Gasteiger partial charge on any atom is -0.379 e. The molecule has 1 heterocycles. The molecule has 0 unspecified atom stereocenters. The first kappa shape index (κ1) is 7.90. The van der Waals surface area contributed by atoms with Crippen LogP contribution in [0.1, 0.15) is 5.56 Å². The highest BCUT2D eigenvalue weighted by molar-refractivity contribution is 5.15. The largest absolute Gasteiger partial charge is 0.379 e. The summed E-state index contributed by atoms with van der Waals surface area (Å²) in [7, 11) is 0. The molecule has 66 valence electrons. The first-order valence-electron chi connectivity index (χ1n) is 4.46. The first-order chi connectivity index (χ1) is 5.95. The molecule has 12 heavy (non-hydrogen) atoms. The maximum Gasteiger partial charge on any atom is 0.0593 e. The fourth-order valence-corrected chi connectivity index (χ4v) is 1.54. The van der Waals surface area contributed by atoms with E-state index in [0.717, 1.165) is 32.8 Å². The average Bonchev–Trinajstić information content (AvgIpc) is 2.59. The summed E-state index contributed by atoms with van der Waals surface area (Å²) in [5, 5.41) is 0. The van der Waals surface area contributed by atoms with Crippen LogP contribution in [0.2, 0.25) is 0 Å². The van der Waals surface area contributed by atoms with Gasteiger partial charge in [0.1, 0.15) is 0 Å². The zero-order valence-electron chi connectivity index (χ0n) is 7.20. The summed E-state index contributed by atoms with van der Waals surface area (Å²) in [5.41, 5.74) is 1.41. The third kappa shape index (κ3) is 1.90. The summed E-state index contributed by atoms with van der Waals surface area (Å²) in [6, 6.07) is 8.54. The lowest BCUT2D eigenvalue weighted by molar-refractivity contribution is 0.0342. The van der Waals surface area contributed by atoms with E-state index in [0.29, 0.717) is 0 Å². The van der Waals surface area contributed by atoms with Crippen LogP contribution in [-0.2, 0) is 11.3 Å². The van der Waals surface area contributed by atoms with Gasteiger partial charge in [0, 0.05) is 13.1 Å². The summed E-state index contributed by atoms with van der Waals surface area (Å²) in [4.78, 5) is 2.43. The number of hydrogen-bond donors (Lipinski definition) is 0. The summed E-state index contributed by atoms with van der Waals surface area (Å²) >= 11 is 0. The van der Waals surface area contributed by atoms with E-state index in [2.05, 4.69) is 29.2 Å². The van der Waals surface area contributed by atoms with Crippen LogP contribution < -0.4 is 0 Å². The lowest BCUT2D eigenvalue weighted by atomic mass is 10.3. The molecule has 0 spiro atoms. The van der Waals surface area contributed by atoms with Gasteiger partial charge in [-0.15, -0.1) is 0 Å². The molecule has 0 amide bonds. The van der Waals surface area contributed by atoms with Crippen molar-refractivity contribution in [2.45, 2.75) is 6.54 Å². The fourth-order valence-electron chi connectivity index (χ4n) is 1.54. The van der Waals surface area contributed by atoms with E-state index in [-0.39, 0.29) is 0 Å². The fraction of sp³-hybridized carbons (Fsp3) is 0.500. The quantitative estimate of drug-likeness (QED) is 0.610. The van der Waals surface area contributed by atoms with Gasteiger partial charge in [-0.25, -0.2) is 6.07 Å². The molecule has 0 atom stereocenters. The zero-order chi connectivity index (χ0) is 8.23. The Labute approximate surface area is 73.1 Å². The van der Waals surface area contributed by atoms with E-state index in [1.165, 1.54) is 5.56 Å². The topological polar surface area (TPSA) is 12.5 Å². The van der Waals surface area contributed by atoms with Crippen LogP contribution in [0.5, 0.6) is 0 Å². The third-order valence-corrected chi connectivity index (χ3v) is 2.24. The molecule has 0 radical (unpaired) electrons. The van der Waals surface area contributed by atoms with Gasteiger partial charge in [-0.3, -0.25) is 0 Å². The smallest absolute Gasteiger partial charge is 0.0593 e. The van der Waals surface area contributed by atoms with E-state index < -0.39 is 0 Å². The number of hydrogen-bond acceptors (Lipinski definition) is 2. The van der Waals surface area contributed by atoms with Gasteiger partial charge in [0.2, 0.25) is 0 Å². The van der Waals surface area contributed by atoms with Gasteiger partial charge in [-0.05, 0) is 6.54 Å². The Morgan fingerprint density at radius 2 is 2.25 bits per heavy atom. The van der Waals surface area contributed by atoms with Crippen molar-refractivity contribution in [3.8, 4) is 0 Å². The Bertz CT molecular complexity index is 212. The zero-order valence-corrected chi connectivity index (χ0v) is 7.20. The van der Waals surface area contributed by atoms with Crippen LogP contribution in [0.3, 0.4) is 0 Å². The van der Waals surface area contributed by atoms with Crippen LogP contribution in [0.4, 0.5) is 0 Å². The summed E-state index contributed by atoms with van der Waals surface area (Å²) < 4.78 is 5.28. The van der Waals surface area contributed by atoms with Crippen molar-refractivity contribution in [2.75, 3.05) is 26.3 Å². The molecular formula is C10H14NO-. The second-order valence-electron chi connectivity index (χ2n) is 3.18. The standard InChI is InChI=1S/C10H14NO/c1-2-4-10(3-1)9-11-5-7-12-8-6-11/h1-4H,5-9H2/q-1. The average molecular weight is 164 g/mol. The van der Waals surface area contributed by atoms with Gasteiger partial charge in [0.15, 0.2) is 0 Å². The molecule has 1 aromatic carbocycles. The van der Waals surface area contributed by atoms with Gasteiger partial charge >= 0.3 is 0 Å². The first-order valence-corrected chi connectivity index (χ1v) is 4.46. The molecule has 2 nitrogen and oxygen atoms in total. The van der Waals surface area contributed by atoms with E-state index in [1.807, 2.05) is 0 Å². The van der Waals surface area contributed by atoms with Crippen LogP contribution in [0, 0.1) is 0 Å². The van der Waals surface area contributed by atoms with E-state index >= 15 is 0 Å². The molecule has 2 rings (SSSR count). The minimum absolute atomic E-state index is 0.890. The molecule has 1 fully saturated rings. The highest BCUT2D eigenvalue weighted by Crippen LogP contribution is 2.06. The van der Waals surface area contributed by atoms with Crippen LogP contribution >= 0.6 is 0 Å². The lowest BCUT2D eigenvalue weighted by Gasteiger charge is -2.28. The molecule has 1 saturated heterocycles. The van der Waals surface area contributed by atoms with Crippen molar-refractivity contribution >= 4 is 0 Å². The van der Waals surface area contributed by atoms with Crippen molar-refractivity contribution in [1.29, 1.82) is 0 Å². The highest BCUT2D eigenvalue weighted by atomic mass is 16.5. The number of nitrogens with zero attached hydrogens (tertiary/aromatic N) is 1. The Morgan fingerprint density at radius 3 is 2.92 bits per heavy atom. The third-order valence-electron chi connectivity index (χ3n) is 2.24. The Balaban J connectivity index is 1.86. The van der Waals surface area contributed by atoms with Crippen LogP contribution in [0.25, 0.3) is 0 Å². The van der Waals surface area contributed by atoms with Crippen molar-refractivity contribution < 1.29 is 4.74 Å². The summed E-state index contributed by atoms with van der Waals surface area (Å²) in [6.45, 7) is 5.01. The molecule has 1 aliphatic rings. The van der Waals surface area contributed by atoms with Crippen molar-refractivity contribution in [2.24, 2.45) is 0 Å². The predicted octanol–water partition coefficient (Wildman–Crippen LogP) is 1.24.